The monoisotopic (exact) mass is 330 g/mol. The van der Waals surface area contributed by atoms with E-state index in [0.717, 1.165) is 16.3 Å². The average Bonchev–Trinajstić information content (AvgIpc) is 3.16. The molecular weight excluding hydrogens is 312 g/mol. The van der Waals surface area contributed by atoms with E-state index in [1.165, 1.54) is 11.3 Å². The molecular formula is C17H18N2O3S. The molecule has 0 aliphatic carbocycles. The Morgan fingerprint density at radius 2 is 2.09 bits per heavy atom. The van der Waals surface area contributed by atoms with Gasteiger partial charge in [-0.1, -0.05) is 30.3 Å². The number of nitrogens with zero attached hydrogens (tertiary/aromatic N) is 2. The molecule has 23 heavy (non-hydrogen) atoms. The second-order valence-electron chi connectivity index (χ2n) is 6.12. The van der Waals surface area contributed by atoms with Crippen LogP contribution in [-0.4, -0.2) is 40.0 Å². The molecule has 120 valence electrons. The van der Waals surface area contributed by atoms with Gasteiger partial charge in [-0.2, -0.15) is 0 Å². The van der Waals surface area contributed by atoms with Crippen LogP contribution in [0.1, 0.15) is 19.0 Å². The zero-order valence-electron chi connectivity index (χ0n) is 12.9. The minimum absolute atomic E-state index is 0.0557. The van der Waals surface area contributed by atoms with E-state index < -0.39 is 11.4 Å². The molecule has 1 fully saturated rings. The molecule has 1 saturated heterocycles. The van der Waals surface area contributed by atoms with Crippen molar-refractivity contribution in [3.8, 4) is 10.6 Å². The van der Waals surface area contributed by atoms with E-state index in [4.69, 9.17) is 0 Å². The van der Waals surface area contributed by atoms with E-state index in [9.17, 15) is 14.7 Å². The Kier molecular flexibility index (Phi) is 4.17. The molecule has 0 spiro atoms. The third kappa shape index (κ3) is 3.27. The highest BCUT2D eigenvalue weighted by atomic mass is 32.1. The number of rotatable bonds is 4. The van der Waals surface area contributed by atoms with Crippen molar-refractivity contribution in [2.24, 2.45) is 5.41 Å². The van der Waals surface area contributed by atoms with E-state index in [1.807, 2.05) is 35.7 Å². The highest BCUT2D eigenvalue weighted by Crippen LogP contribution is 2.30. The number of carboxylic acid groups (broad SMARTS) is 1. The Balaban J connectivity index is 1.66. The van der Waals surface area contributed by atoms with Crippen molar-refractivity contribution in [3.63, 3.8) is 0 Å². The normalized spacial score (nSPS) is 20.7. The third-order valence-corrected chi connectivity index (χ3v) is 5.19. The lowest BCUT2D eigenvalue weighted by atomic mass is 9.90. The molecule has 0 unspecified atom stereocenters. The van der Waals surface area contributed by atoms with Crippen LogP contribution in [0.5, 0.6) is 0 Å². The Hall–Kier alpha value is -2.21. The maximum Gasteiger partial charge on any atom is 0.311 e. The molecule has 2 heterocycles. The second-order valence-corrected chi connectivity index (χ2v) is 6.98. The highest BCUT2D eigenvalue weighted by Gasteiger charge is 2.42. The first kappa shape index (κ1) is 15.7. The lowest BCUT2D eigenvalue weighted by molar-refractivity contribution is -0.147. The zero-order valence-corrected chi connectivity index (χ0v) is 13.7. The predicted molar refractivity (Wildman–Crippen MR) is 88.2 cm³/mol. The summed E-state index contributed by atoms with van der Waals surface area (Å²) in [5, 5.41) is 12.0. The number of aliphatic carboxylic acids is 1. The molecule has 6 heteroatoms. The first-order valence-corrected chi connectivity index (χ1v) is 8.37. The van der Waals surface area contributed by atoms with Crippen LogP contribution < -0.4 is 0 Å². The molecule has 0 radical (unpaired) electrons. The Morgan fingerprint density at radius 3 is 2.74 bits per heavy atom. The minimum Gasteiger partial charge on any atom is -0.481 e. The number of aromatic nitrogens is 1. The summed E-state index contributed by atoms with van der Waals surface area (Å²) < 4.78 is 0. The fourth-order valence-electron chi connectivity index (χ4n) is 2.72. The summed E-state index contributed by atoms with van der Waals surface area (Å²) in [6.45, 7) is 2.47. The topological polar surface area (TPSA) is 70.5 Å². The number of carboxylic acids is 1. The van der Waals surface area contributed by atoms with Crippen LogP contribution in [0.15, 0.2) is 35.7 Å². The van der Waals surface area contributed by atoms with Gasteiger partial charge in [0.25, 0.3) is 0 Å². The van der Waals surface area contributed by atoms with Crippen molar-refractivity contribution < 1.29 is 14.7 Å². The average molecular weight is 330 g/mol. The molecule has 1 amide bonds. The molecule has 1 aromatic carbocycles. The number of carbonyl (C=O) groups excluding carboxylic acids is 1. The van der Waals surface area contributed by atoms with Crippen LogP contribution in [0, 0.1) is 5.41 Å². The van der Waals surface area contributed by atoms with E-state index in [-0.39, 0.29) is 18.9 Å². The molecule has 0 bridgehead atoms. The largest absolute Gasteiger partial charge is 0.481 e. The summed E-state index contributed by atoms with van der Waals surface area (Å²) in [5.74, 6) is -0.896. The smallest absolute Gasteiger partial charge is 0.311 e. The number of hydrogen-bond donors (Lipinski definition) is 1. The van der Waals surface area contributed by atoms with Crippen molar-refractivity contribution in [3.05, 3.63) is 41.4 Å². The SMILES string of the molecule is C[C@@]1(C(=O)O)CCN(C(=O)Cc2csc(-c3ccccc3)n2)C1. The fourth-order valence-corrected chi connectivity index (χ4v) is 3.54. The van der Waals surface area contributed by atoms with Gasteiger partial charge in [0.1, 0.15) is 5.01 Å². The minimum atomic E-state index is -0.840. The van der Waals surface area contributed by atoms with Gasteiger partial charge < -0.3 is 10.0 Å². The van der Waals surface area contributed by atoms with Crippen molar-refractivity contribution in [1.29, 1.82) is 0 Å². The van der Waals surface area contributed by atoms with Crippen LogP contribution in [0.2, 0.25) is 0 Å². The molecule has 2 aromatic rings. The summed E-state index contributed by atoms with van der Waals surface area (Å²) in [4.78, 5) is 29.8. The van der Waals surface area contributed by atoms with Gasteiger partial charge in [-0.25, -0.2) is 4.98 Å². The first-order valence-electron chi connectivity index (χ1n) is 7.49. The van der Waals surface area contributed by atoms with Crippen molar-refractivity contribution >= 4 is 23.2 Å². The lowest BCUT2D eigenvalue weighted by Crippen LogP contribution is -2.35. The first-order chi connectivity index (χ1) is 11.0. The number of thiazole rings is 1. The van der Waals surface area contributed by atoms with Crippen LogP contribution in [0.4, 0.5) is 0 Å². The van der Waals surface area contributed by atoms with Gasteiger partial charge in [0.05, 0.1) is 17.5 Å². The molecule has 1 N–H and O–H groups in total. The number of benzene rings is 1. The Bertz CT molecular complexity index is 728. The van der Waals surface area contributed by atoms with Gasteiger partial charge in [-0.3, -0.25) is 9.59 Å². The summed E-state index contributed by atoms with van der Waals surface area (Å²) in [6, 6.07) is 9.85. The third-order valence-electron chi connectivity index (χ3n) is 4.25. The van der Waals surface area contributed by atoms with Crippen LogP contribution in [0.3, 0.4) is 0 Å². The number of likely N-dealkylation sites (tertiary alicyclic amines) is 1. The molecule has 1 aromatic heterocycles. The van der Waals surface area contributed by atoms with E-state index in [0.29, 0.717) is 13.0 Å². The number of carbonyl (C=O) groups is 2. The summed E-state index contributed by atoms with van der Waals surface area (Å²) in [5.41, 5.74) is 0.950. The molecule has 1 aliphatic rings. The summed E-state index contributed by atoms with van der Waals surface area (Å²) in [7, 11) is 0. The molecule has 1 aliphatic heterocycles. The van der Waals surface area contributed by atoms with Crippen molar-refractivity contribution in [1.82, 2.24) is 9.88 Å². The van der Waals surface area contributed by atoms with Gasteiger partial charge in [-0.15, -0.1) is 11.3 Å². The second kappa shape index (κ2) is 6.12. The Labute approximate surface area is 138 Å². The zero-order chi connectivity index (χ0) is 16.4. The van der Waals surface area contributed by atoms with Gasteiger partial charge in [0, 0.05) is 24.0 Å². The number of hydrogen-bond acceptors (Lipinski definition) is 4. The van der Waals surface area contributed by atoms with Gasteiger partial charge in [0.2, 0.25) is 5.91 Å². The molecule has 0 saturated carbocycles. The quantitative estimate of drug-likeness (QED) is 0.935. The lowest BCUT2D eigenvalue weighted by Gasteiger charge is -2.19. The Morgan fingerprint density at radius 1 is 1.35 bits per heavy atom. The van der Waals surface area contributed by atoms with Gasteiger partial charge >= 0.3 is 5.97 Å². The molecule has 3 rings (SSSR count). The van der Waals surface area contributed by atoms with Crippen molar-refractivity contribution in [2.75, 3.05) is 13.1 Å². The fraction of sp³-hybridized carbons (Fsp3) is 0.353. The molecule has 5 nitrogen and oxygen atoms in total. The van der Waals surface area contributed by atoms with E-state index in [1.54, 1.807) is 11.8 Å². The maximum absolute atomic E-state index is 12.4. The van der Waals surface area contributed by atoms with Crippen LogP contribution >= 0.6 is 11.3 Å². The summed E-state index contributed by atoms with van der Waals surface area (Å²) >= 11 is 1.52. The maximum atomic E-state index is 12.4. The van der Waals surface area contributed by atoms with E-state index in [2.05, 4.69) is 4.98 Å². The van der Waals surface area contributed by atoms with Crippen LogP contribution in [0.25, 0.3) is 10.6 Å². The van der Waals surface area contributed by atoms with Crippen LogP contribution in [-0.2, 0) is 16.0 Å². The van der Waals surface area contributed by atoms with Gasteiger partial charge in [0.15, 0.2) is 0 Å². The van der Waals surface area contributed by atoms with E-state index >= 15 is 0 Å². The summed E-state index contributed by atoms with van der Waals surface area (Å²) in [6.07, 6.45) is 0.722. The van der Waals surface area contributed by atoms with Gasteiger partial charge in [-0.05, 0) is 13.3 Å². The van der Waals surface area contributed by atoms with Crippen molar-refractivity contribution in [2.45, 2.75) is 19.8 Å². The standard InChI is InChI=1S/C17H18N2O3S/c1-17(16(21)22)7-8-19(11-17)14(20)9-13-10-23-15(18-13)12-5-3-2-4-6-12/h2-6,10H,7-9,11H2,1H3,(H,21,22)/t17-/m1/s1. The molecule has 1 atom stereocenters. The highest BCUT2D eigenvalue weighted by molar-refractivity contribution is 7.13. The predicted octanol–water partition coefficient (Wildman–Crippen LogP) is 2.68. The number of amides is 1.